The van der Waals surface area contributed by atoms with Gasteiger partial charge in [-0.3, -0.25) is 0 Å². The Balaban J connectivity index is 0.00000162. The molecule has 5 heteroatoms. The van der Waals surface area contributed by atoms with Crippen LogP contribution in [0.5, 0.6) is 5.75 Å². The third-order valence-electron chi connectivity index (χ3n) is 2.59. The number of rotatable bonds is 4. The number of ether oxygens (including phenoxy) is 1. The fraction of sp³-hybridized carbons (Fsp3) is 0.308. The first-order valence-electron chi connectivity index (χ1n) is 5.56. The first kappa shape index (κ1) is 14.9. The van der Waals surface area contributed by atoms with Crippen LogP contribution in [0.15, 0.2) is 24.3 Å². The van der Waals surface area contributed by atoms with Gasteiger partial charge in [-0.1, -0.05) is 0 Å². The van der Waals surface area contributed by atoms with Gasteiger partial charge >= 0.3 is 0 Å². The Bertz CT molecular complexity index is 532. The molecule has 0 saturated carbocycles. The van der Waals surface area contributed by atoms with E-state index in [1.165, 1.54) is 0 Å². The molecule has 0 aliphatic carbocycles. The molecule has 1 aromatic carbocycles. The Hall–Kier alpha value is -1.19. The molecular formula is C13H16Cl2N2O. The van der Waals surface area contributed by atoms with E-state index in [4.69, 9.17) is 16.3 Å². The summed E-state index contributed by atoms with van der Waals surface area (Å²) >= 11 is 5.93. The topological polar surface area (TPSA) is 34.2 Å². The van der Waals surface area contributed by atoms with Crippen molar-refractivity contribution >= 4 is 40.7 Å². The number of fused-ring (bicyclic) bond motifs is 1. The Morgan fingerprint density at radius 2 is 2.11 bits per heavy atom. The predicted molar refractivity (Wildman–Crippen MR) is 79.3 cm³/mol. The third kappa shape index (κ3) is 2.98. The maximum Gasteiger partial charge on any atom is 0.131 e. The van der Waals surface area contributed by atoms with Gasteiger partial charge in [-0.2, -0.15) is 0 Å². The fourth-order valence-electron chi connectivity index (χ4n) is 1.75. The minimum absolute atomic E-state index is 0. The number of nitrogens with zero attached hydrogens (tertiary/aromatic N) is 1. The van der Waals surface area contributed by atoms with Gasteiger partial charge in [-0.05, 0) is 31.2 Å². The summed E-state index contributed by atoms with van der Waals surface area (Å²) in [4.78, 5) is 4.56. The number of benzene rings is 1. The van der Waals surface area contributed by atoms with Crippen molar-refractivity contribution in [1.29, 1.82) is 0 Å². The Morgan fingerprint density at radius 1 is 1.33 bits per heavy atom. The molecule has 98 valence electrons. The number of halogens is 2. The monoisotopic (exact) mass is 286 g/mol. The fourth-order valence-corrected chi connectivity index (χ4v) is 1.95. The first-order valence-corrected chi connectivity index (χ1v) is 6.09. The van der Waals surface area contributed by atoms with Crippen molar-refractivity contribution in [2.24, 2.45) is 0 Å². The molecule has 3 nitrogen and oxygen atoms in total. The van der Waals surface area contributed by atoms with Crippen LogP contribution >= 0.6 is 24.0 Å². The quantitative estimate of drug-likeness (QED) is 0.868. The van der Waals surface area contributed by atoms with Gasteiger partial charge in [-0.15, -0.1) is 24.0 Å². The van der Waals surface area contributed by atoms with Gasteiger partial charge in [0, 0.05) is 17.5 Å². The molecule has 2 rings (SSSR count). The van der Waals surface area contributed by atoms with Crippen LogP contribution in [0, 0.1) is 0 Å². The smallest absolute Gasteiger partial charge is 0.131 e. The molecule has 0 bridgehead atoms. The number of hydrogen-bond donors (Lipinski definition) is 1. The lowest BCUT2D eigenvalue weighted by Crippen LogP contribution is -2.02. The van der Waals surface area contributed by atoms with Crippen LogP contribution in [-0.2, 0) is 5.88 Å². The van der Waals surface area contributed by atoms with Crippen LogP contribution in [0.1, 0.15) is 12.5 Å². The van der Waals surface area contributed by atoms with Crippen molar-refractivity contribution < 1.29 is 4.74 Å². The number of aromatic nitrogens is 1. The summed E-state index contributed by atoms with van der Waals surface area (Å²) in [7, 11) is 1.66. The maximum absolute atomic E-state index is 5.93. The van der Waals surface area contributed by atoms with Crippen molar-refractivity contribution in [3.05, 3.63) is 29.8 Å². The van der Waals surface area contributed by atoms with Crippen LogP contribution in [0.3, 0.4) is 0 Å². The highest BCUT2D eigenvalue weighted by Gasteiger charge is 2.06. The highest BCUT2D eigenvalue weighted by molar-refractivity contribution is 6.17. The van der Waals surface area contributed by atoms with Crippen LogP contribution < -0.4 is 10.1 Å². The number of methoxy groups -OCH3 is 1. The summed E-state index contributed by atoms with van der Waals surface area (Å²) < 4.78 is 5.20. The van der Waals surface area contributed by atoms with Gasteiger partial charge < -0.3 is 10.1 Å². The standard InChI is InChI=1S/C13H15ClN2O.ClH/c1-3-15-13-10(8-14)6-9-7-11(17-2)4-5-12(9)16-13;/h4-7H,3,8H2,1-2H3,(H,15,16);1H. The third-order valence-corrected chi connectivity index (χ3v) is 2.88. The lowest BCUT2D eigenvalue weighted by atomic mass is 10.1. The number of pyridine rings is 1. The summed E-state index contributed by atoms with van der Waals surface area (Å²) in [5.74, 6) is 2.14. The van der Waals surface area contributed by atoms with Crippen molar-refractivity contribution in [2.75, 3.05) is 19.0 Å². The summed E-state index contributed by atoms with van der Waals surface area (Å²) in [6, 6.07) is 7.88. The molecule has 0 radical (unpaired) electrons. The Morgan fingerprint density at radius 3 is 2.72 bits per heavy atom. The summed E-state index contributed by atoms with van der Waals surface area (Å²) in [5.41, 5.74) is 1.95. The van der Waals surface area contributed by atoms with Gasteiger partial charge in [0.2, 0.25) is 0 Å². The molecular weight excluding hydrogens is 271 g/mol. The summed E-state index contributed by atoms with van der Waals surface area (Å²) in [5, 5.41) is 4.26. The predicted octanol–water partition coefficient (Wildman–Crippen LogP) is 3.84. The normalized spacial score (nSPS) is 9.94. The lowest BCUT2D eigenvalue weighted by molar-refractivity contribution is 0.415. The maximum atomic E-state index is 5.93. The van der Waals surface area contributed by atoms with E-state index in [1.807, 2.05) is 25.1 Å². The van der Waals surface area contributed by atoms with Crippen molar-refractivity contribution in [2.45, 2.75) is 12.8 Å². The minimum atomic E-state index is 0. The van der Waals surface area contributed by atoms with Gasteiger partial charge in [0.25, 0.3) is 0 Å². The minimum Gasteiger partial charge on any atom is -0.497 e. The van der Waals surface area contributed by atoms with Crippen molar-refractivity contribution in [3.63, 3.8) is 0 Å². The molecule has 0 saturated heterocycles. The molecule has 1 aromatic heterocycles. The zero-order valence-electron chi connectivity index (χ0n) is 10.4. The number of nitrogens with one attached hydrogen (secondary N) is 1. The van der Waals surface area contributed by atoms with Crippen molar-refractivity contribution in [3.8, 4) is 5.75 Å². The van der Waals surface area contributed by atoms with Gasteiger partial charge in [0.05, 0.1) is 18.5 Å². The highest BCUT2D eigenvalue weighted by Crippen LogP contribution is 2.25. The second kappa shape index (κ2) is 6.66. The lowest BCUT2D eigenvalue weighted by Gasteiger charge is -2.10. The largest absolute Gasteiger partial charge is 0.497 e. The summed E-state index contributed by atoms with van der Waals surface area (Å²) in [6.45, 7) is 2.87. The van der Waals surface area contributed by atoms with Crippen LogP contribution in [0.25, 0.3) is 10.9 Å². The van der Waals surface area contributed by atoms with Crippen LogP contribution in [0.4, 0.5) is 5.82 Å². The molecule has 0 aliphatic heterocycles. The molecule has 1 heterocycles. The average molecular weight is 287 g/mol. The van der Waals surface area contributed by atoms with Gasteiger partial charge in [-0.25, -0.2) is 4.98 Å². The zero-order valence-corrected chi connectivity index (χ0v) is 11.9. The van der Waals surface area contributed by atoms with Gasteiger partial charge in [0.15, 0.2) is 0 Å². The van der Waals surface area contributed by atoms with Gasteiger partial charge in [0.1, 0.15) is 11.6 Å². The van der Waals surface area contributed by atoms with Crippen molar-refractivity contribution in [1.82, 2.24) is 4.98 Å². The van der Waals surface area contributed by atoms with Crippen LogP contribution in [-0.4, -0.2) is 18.6 Å². The van der Waals surface area contributed by atoms with E-state index in [9.17, 15) is 0 Å². The highest BCUT2D eigenvalue weighted by atomic mass is 35.5. The molecule has 2 aromatic rings. The van der Waals surface area contributed by atoms with E-state index in [0.29, 0.717) is 5.88 Å². The number of anilines is 1. The molecule has 0 atom stereocenters. The molecule has 0 aliphatic rings. The molecule has 18 heavy (non-hydrogen) atoms. The van der Waals surface area contributed by atoms with E-state index >= 15 is 0 Å². The van der Waals surface area contributed by atoms with E-state index in [1.54, 1.807) is 7.11 Å². The molecule has 1 N–H and O–H groups in total. The van der Waals surface area contributed by atoms with E-state index in [2.05, 4.69) is 16.4 Å². The Kier molecular flexibility index (Phi) is 5.51. The molecule has 0 spiro atoms. The number of hydrogen-bond acceptors (Lipinski definition) is 3. The molecule has 0 unspecified atom stereocenters. The van der Waals surface area contributed by atoms with E-state index in [0.717, 1.165) is 34.6 Å². The van der Waals surface area contributed by atoms with E-state index < -0.39 is 0 Å². The van der Waals surface area contributed by atoms with Crippen LogP contribution in [0.2, 0.25) is 0 Å². The number of alkyl halides is 1. The van der Waals surface area contributed by atoms with E-state index in [-0.39, 0.29) is 12.4 Å². The zero-order chi connectivity index (χ0) is 12.3. The SMILES string of the molecule is CCNc1nc2ccc(OC)cc2cc1CCl.Cl. The molecule has 0 fully saturated rings. The summed E-state index contributed by atoms with van der Waals surface area (Å²) in [6.07, 6.45) is 0. The second-order valence-corrected chi connectivity index (χ2v) is 3.99. The molecule has 0 amide bonds. The average Bonchev–Trinajstić information content (AvgIpc) is 2.37. The first-order chi connectivity index (χ1) is 8.28. The Labute approximate surface area is 118 Å². The second-order valence-electron chi connectivity index (χ2n) is 3.72.